The van der Waals surface area contributed by atoms with Gasteiger partial charge in [0.2, 0.25) is 5.91 Å². The molecule has 2 rings (SSSR count). The summed E-state index contributed by atoms with van der Waals surface area (Å²) in [5.74, 6) is -0.000862. The van der Waals surface area contributed by atoms with Gasteiger partial charge in [-0.25, -0.2) is 0 Å². The molecule has 2 N–H and O–H groups in total. The van der Waals surface area contributed by atoms with Crippen molar-refractivity contribution in [2.24, 2.45) is 0 Å². The molecule has 1 aliphatic rings. The number of nitrogens with two attached hydrogens (primary N) is 1. The van der Waals surface area contributed by atoms with Crippen LogP contribution in [-0.4, -0.2) is 17.4 Å². The Kier molecular flexibility index (Phi) is 2.47. The Morgan fingerprint density at radius 2 is 2.19 bits per heavy atom. The van der Waals surface area contributed by atoms with Gasteiger partial charge in [0, 0.05) is 19.0 Å². The first-order chi connectivity index (χ1) is 7.59. The van der Waals surface area contributed by atoms with Gasteiger partial charge >= 0.3 is 0 Å². The molecule has 0 bridgehead atoms. The number of hydrogen-bond acceptors (Lipinski definition) is 4. The average molecular weight is 221 g/mol. The lowest BCUT2D eigenvalue weighted by atomic mass is 10.2. The maximum absolute atomic E-state index is 11.5. The molecule has 6 nitrogen and oxygen atoms in total. The molecule has 0 atom stereocenters. The van der Waals surface area contributed by atoms with Gasteiger partial charge < -0.3 is 10.6 Å². The predicted molar refractivity (Wildman–Crippen MR) is 59.1 cm³/mol. The minimum Gasteiger partial charge on any atom is -0.393 e. The lowest BCUT2D eigenvalue weighted by Crippen LogP contribution is -2.23. The van der Waals surface area contributed by atoms with Crippen LogP contribution in [0.3, 0.4) is 0 Å². The number of hydrogen-bond donors (Lipinski definition) is 1. The topological polar surface area (TPSA) is 89.5 Å². The van der Waals surface area contributed by atoms with E-state index in [1.54, 1.807) is 11.0 Å². The summed E-state index contributed by atoms with van der Waals surface area (Å²) in [6.07, 6.45) is 1.29. The Labute approximate surface area is 91.8 Å². The maximum Gasteiger partial charge on any atom is 0.294 e. The number of benzene rings is 1. The fourth-order valence-electron chi connectivity index (χ4n) is 1.78. The normalized spacial score (nSPS) is 15.5. The monoisotopic (exact) mass is 221 g/mol. The van der Waals surface area contributed by atoms with Crippen molar-refractivity contribution in [1.29, 1.82) is 0 Å². The fraction of sp³-hybridized carbons (Fsp3) is 0.300. The Balaban J connectivity index is 2.39. The van der Waals surface area contributed by atoms with Crippen molar-refractivity contribution >= 4 is 23.0 Å². The number of carbonyl (C=O) groups is 1. The molecule has 1 saturated heterocycles. The van der Waals surface area contributed by atoms with Crippen molar-refractivity contribution in [3.8, 4) is 0 Å². The summed E-state index contributed by atoms with van der Waals surface area (Å²) in [5.41, 5.74) is 5.98. The third kappa shape index (κ3) is 1.69. The van der Waals surface area contributed by atoms with Crippen molar-refractivity contribution in [2.75, 3.05) is 17.2 Å². The van der Waals surface area contributed by atoms with Gasteiger partial charge in [0.05, 0.1) is 10.6 Å². The van der Waals surface area contributed by atoms with Gasteiger partial charge in [0.25, 0.3) is 5.69 Å². The first kappa shape index (κ1) is 10.4. The van der Waals surface area contributed by atoms with Crippen molar-refractivity contribution in [1.82, 2.24) is 0 Å². The van der Waals surface area contributed by atoms with Crippen LogP contribution in [0.2, 0.25) is 0 Å². The molecule has 1 amide bonds. The number of nitrogen functional groups attached to an aromatic ring is 1. The third-order valence-electron chi connectivity index (χ3n) is 2.60. The smallest absolute Gasteiger partial charge is 0.294 e. The van der Waals surface area contributed by atoms with Crippen molar-refractivity contribution in [3.05, 3.63) is 28.3 Å². The molecule has 84 valence electrons. The minimum absolute atomic E-state index is 0.000862. The van der Waals surface area contributed by atoms with Gasteiger partial charge in [-0.15, -0.1) is 0 Å². The molecule has 1 fully saturated rings. The molecule has 0 spiro atoms. The molecule has 0 radical (unpaired) electrons. The highest BCUT2D eigenvalue weighted by Crippen LogP contribution is 2.29. The molecule has 1 aromatic carbocycles. The highest BCUT2D eigenvalue weighted by molar-refractivity contribution is 5.96. The second kappa shape index (κ2) is 3.80. The van der Waals surface area contributed by atoms with E-state index in [4.69, 9.17) is 5.73 Å². The van der Waals surface area contributed by atoms with Crippen LogP contribution in [0.1, 0.15) is 12.8 Å². The van der Waals surface area contributed by atoms with E-state index in [1.165, 1.54) is 12.1 Å². The number of amides is 1. The van der Waals surface area contributed by atoms with Gasteiger partial charge in [0.1, 0.15) is 5.69 Å². The Morgan fingerprint density at radius 3 is 2.75 bits per heavy atom. The summed E-state index contributed by atoms with van der Waals surface area (Å²) in [4.78, 5) is 23.2. The van der Waals surface area contributed by atoms with Crippen LogP contribution in [0.15, 0.2) is 18.2 Å². The third-order valence-corrected chi connectivity index (χ3v) is 2.60. The summed E-state index contributed by atoms with van der Waals surface area (Å²) in [7, 11) is 0. The molecule has 0 aliphatic carbocycles. The number of anilines is 2. The number of nitro groups is 1. The number of carbonyl (C=O) groups excluding carboxylic acids is 1. The van der Waals surface area contributed by atoms with Crippen LogP contribution in [0.4, 0.5) is 17.1 Å². The second-order valence-corrected chi connectivity index (χ2v) is 3.65. The van der Waals surface area contributed by atoms with Gasteiger partial charge in [-0.05, 0) is 18.6 Å². The van der Waals surface area contributed by atoms with Gasteiger partial charge in [-0.3, -0.25) is 14.9 Å². The largest absolute Gasteiger partial charge is 0.393 e. The van der Waals surface area contributed by atoms with Gasteiger partial charge in [-0.2, -0.15) is 0 Å². The molecule has 1 heterocycles. The van der Waals surface area contributed by atoms with Gasteiger partial charge in [-0.1, -0.05) is 0 Å². The van der Waals surface area contributed by atoms with E-state index in [0.717, 1.165) is 6.42 Å². The zero-order chi connectivity index (χ0) is 11.7. The summed E-state index contributed by atoms with van der Waals surface area (Å²) in [6.45, 7) is 0.611. The maximum atomic E-state index is 11.5. The first-order valence-electron chi connectivity index (χ1n) is 4.94. The Bertz CT molecular complexity index is 459. The van der Waals surface area contributed by atoms with Crippen LogP contribution in [0, 0.1) is 10.1 Å². The molecular weight excluding hydrogens is 210 g/mol. The first-order valence-corrected chi connectivity index (χ1v) is 4.94. The molecule has 16 heavy (non-hydrogen) atoms. The Morgan fingerprint density at radius 1 is 1.44 bits per heavy atom. The molecule has 0 saturated carbocycles. The second-order valence-electron chi connectivity index (χ2n) is 3.65. The van der Waals surface area contributed by atoms with E-state index >= 15 is 0 Å². The zero-order valence-electron chi connectivity index (χ0n) is 8.55. The lowest BCUT2D eigenvalue weighted by molar-refractivity contribution is -0.383. The number of nitrogens with zero attached hydrogens (tertiary/aromatic N) is 2. The summed E-state index contributed by atoms with van der Waals surface area (Å²) in [5, 5.41) is 10.7. The fourth-order valence-corrected chi connectivity index (χ4v) is 1.78. The Hall–Kier alpha value is -2.11. The van der Waals surface area contributed by atoms with E-state index in [2.05, 4.69) is 0 Å². The van der Waals surface area contributed by atoms with E-state index in [1.807, 2.05) is 0 Å². The highest BCUT2D eigenvalue weighted by Gasteiger charge is 2.23. The molecule has 6 heteroatoms. The quantitative estimate of drug-likeness (QED) is 0.463. The van der Waals surface area contributed by atoms with E-state index in [-0.39, 0.29) is 17.3 Å². The molecular formula is C10H11N3O3. The van der Waals surface area contributed by atoms with Crippen molar-refractivity contribution in [3.63, 3.8) is 0 Å². The van der Waals surface area contributed by atoms with Crippen molar-refractivity contribution < 1.29 is 9.72 Å². The zero-order valence-corrected chi connectivity index (χ0v) is 8.55. The number of rotatable bonds is 2. The van der Waals surface area contributed by atoms with E-state index < -0.39 is 4.92 Å². The summed E-state index contributed by atoms with van der Waals surface area (Å²) < 4.78 is 0. The molecule has 1 aromatic rings. The van der Waals surface area contributed by atoms with E-state index in [0.29, 0.717) is 18.7 Å². The molecule has 0 unspecified atom stereocenters. The van der Waals surface area contributed by atoms with Crippen LogP contribution in [0.5, 0.6) is 0 Å². The average Bonchev–Trinajstić information content (AvgIpc) is 2.65. The van der Waals surface area contributed by atoms with E-state index in [9.17, 15) is 14.9 Å². The van der Waals surface area contributed by atoms with Crippen molar-refractivity contribution in [2.45, 2.75) is 12.8 Å². The summed E-state index contributed by atoms with van der Waals surface area (Å²) in [6, 6.07) is 4.43. The van der Waals surface area contributed by atoms with Crippen LogP contribution in [-0.2, 0) is 4.79 Å². The molecule has 1 aliphatic heterocycles. The summed E-state index contributed by atoms with van der Waals surface area (Å²) >= 11 is 0. The highest BCUT2D eigenvalue weighted by atomic mass is 16.6. The standard InChI is InChI=1S/C10H11N3O3/c11-8-4-3-7(6-9(8)13(15)16)12-5-1-2-10(12)14/h3-4,6H,1-2,5,11H2. The molecule has 0 aromatic heterocycles. The van der Waals surface area contributed by atoms with Gasteiger partial charge in [0.15, 0.2) is 0 Å². The lowest BCUT2D eigenvalue weighted by Gasteiger charge is -2.15. The van der Waals surface area contributed by atoms with Crippen LogP contribution in [0.25, 0.3) is 0 Å². The van der Waals surface area contributed by atoms with Crippen LogP contribution < -0.4 is 10.6 Å². The number of nitro benzene ring substituents is 1. The predicted octanol–water partition coefficient (Wildman–Crippen LogP) is 1.30. The van der Waals surface area contributed by atoms with Crippen LogP contribution >= 0.6 is 0 Å². The minimum atomic E-state index is -0.542. The SMILES string of the molecule is Nc1ccc(N2CCCC2=O)cc1[N+](=O)[O-].